The first-order valence-electron chi connectivity index (χ1n) is 8.59. The van der Waals surface area contributed by atoms with Gasteiger partial charge in [0.15, 0.2) is 5.13 Å². The third kappa shape index (κ3) is 5.42. The van der Waals surface area contributed by atoms with E-state index < -0.39 is 5.97 Å². The molecule has 0 saturated carbocycles. The number of nitrogens with zero attached hydrogens (tertiary/aromatic N) is 2. The molecule has 0 atom stereocenters. The molecule has 7 heteroatoms. The number of aliphatic carboxylic acids is 1. The van der Waals surface area contributed by atoms with E-state index in [1.807, 2.05) is 29.9 Å². The summed E-state index contributed by atoms with van der Waals surface area (Å²) in [5.74, 6) is -0.788. The van der Waals surface area contributed by atoms with E-state index in [0.717, 1.165) is 48.6 Å². The van der Waals surface area contributed by atoms with Crippen molar-refractivity contribution in [3.05, 3.63) is 34.6 Å². The molecule has 1 amide bonds. The molecule has 0 aliphatic carbocycles. The van der Waals surface area contributed by atoms with Gasteiger partial charge in [-0.25, -0.2) is 4.98 Å². The number of nitrogens with one attached hydrogen (secondary N) is 1. The minimum Gasteiger partial charge on any atom is -0.481 e. The number of carbonyl (C=O) groups is 2. The molecule has 2 rings (SSSR count). The average molecular weight is 363 g/mol. The molecule has 2 aromatic heterocycles. The third-order valence-electron chi connectivity index (χ3n) is 4.14. The topological polar surface area (TPSA) is 84.2 Å². The molecule has 0 spiro atoms. The quantitative estimate of drug-likeness (QED) is 0.630. The van der Waals surface area contributed by atoms with Crippen LogP contribution in [-0.4, -0.2) is 33.1 Å². The number of aryl methyl sites for hydroxylation is 1. The highest BCUT2D eigenvalue weighted by Gasteiger charge is 2.17. The molecular weight excluding hydrogens is 338 g/mol. The van der Waals surface area contributed by atoms with Crippen LogP contribution < -0.4 is 5.32 Å². The lowest BCUT2D eigenvalue weighted by molar-refractivity contribution is -0.137. The Balaban J connectivity index is 1.76. The molecule has 0 aliphatic rings. The summed E-state index contributed by atoms with van der Waals surface area (Å²) < 4.78 is 2.00. The van der Waals surface area contributed by atoms with Gasteiger partial charge in [-0.05, 0) is 32.8 Å². The lowest BCUT2D eigenvalue weighted by Gasteiger charge is -2.07. The normalized spacial score (nSPS) is 10.8. The van der Waals surface area contributed by atoms with E-state index in [1.165, 1.54) is 0 Å². The molecule has 0 radical (unpaired) electrons. The van der Waals surface area contributed by atoms with Crippen LogP contribution in [0.3, 0.4) is 0 Å². The van der Waals surface area contributed by atoms with Crippen molar-refractivity contribution in [2.45, 2.75) is 52.4 Å². The van der Waals surface area contributed by atoms with Crippen LogP contribution >= 0.6 is 11.3 Å². The second-order valence-electron chi connectivity index (χ2n) is 6.10. The summed E-state index contributed by atoms with van der Waals surface area (Å²) >= 11 is 1.55. The van der Waals surface area contributed by atoms with Gasteiger partial charge in [-0.1, -0.05) is 19.3 Å². The van der Waals surface area contributed by atoms with Crippen molar-refractivity contribution in [2.24, 2.45) is 0 Å². The highest BCUT2D eigenvalue weighted by molar-refractivity contribution is 7.12. The second-order valence-corrected chi connectivity index (χ2v) is 6.98. The molecule has 0 bridgehead atoms. The van der Waals surface area contributed by atoms with Crippen LogP contribution in [0, 0.1) is 13.8 Å². The fourth-order valence-corrected chi connectivity index (χ4v) is 3.59. The summed E-state index contributed by atoms with van der Waals surface area (Å²) in [5, 5.41) is 14.3. The molecule has 0 unspecified atom stereocenters. The third-order valence-corrected chi connectivity index (χ3v) is 4.90. The Morgan fingerprint density at radius 3 is 2.60 bits per heavy atom. The van der Waals surface area contributed by atoms with Crippen molar-refractivity contribution in [1.29, 1.82) is 0 Å². The number of carboxylic acids is 1. The number of carbonyl (C=O) groups excluding carboxylic acids is 1. The van der Waals surface area contributed by atoms with Crippen molar-refractivity contribution in [3.63, 3.8) is 0 Å². The van der Waals surface area contributed by atoms with Crippen LogP contribution in [0.15, 0.2) is 17.6 Å². The predicted octanol–water partition coefficient (Wildman–Crippen LogP) is 3.71. The van der Waals surface area contributed by atoms with Gasteiger partial charge < -0.3 is 10.4 Å². The lowest BCUT2D eigenvalue weighted by Crippen LogP contribution is -2.24. The van der Waals surface area contributed by atoms with Crippen molar-refractivity contribution in [2.75, 3.05) is 6.54 Å². The predicted molar refractivity (Wildman–Crippen MR) is 98.6 cm³/mol. The van der Waals surface area contributed by atoms with Crippen molar-refractivity contribution < 1.29 is 14.7 Å². The summed E-state index contributed by atoms with van der Waals surface area (Å²) in [6.45, 7) is 4.55. The summed E-state index contributed by atoms with van der Waals surface area (Å²) in [6, 6.07) is 1.90. The molecule has 136 valence electrons. The largest absolute Gasteiger partial charge is 0.481 e. The van der Waals surface area contributed by atoms with E-state index in [9.17, 15) is 9.59 Å². The maximum absolute atomic E-state index is 12.4. The number of thiazole rings is 1. The molecule has 0 aromatic carbocycles. The van der Waals surface area contributed by atoms with Crippen molar-refractivity contribution >= 4 is 23.2 Å². The minimum absolute atomic E-state index is 0.0539. The fourth-order valence-electron chi connectivity index (χ4n) is 2.84. The Hall–Kier alpha value is -2.15. The number of aromatic nitrogens is 2. The van der Waals surface area contributed by atoms with E-state index in [1.54, 1.807) is 17.5 Å². The van der Waals surface area contributed by atoms with Gasteiger partial charge in [-0.3, -0.25) is 14.2 Å². The van der Waals surface area contributed by atoms with Crippen LogP contribution in [-0.2, 0) is 4.79 Å². The van der Waals surface area contributed by atoms with Gasteiger partial charge in [0, 0.05) is 35.9 Å². The summed E-state index contributed by atoms with van der Waals surface area (Å²) in [6.07, 6.45) is 6.56. The van der Waals surface area contributed by atoms with Crippen LogP contribution in [0.25, 0.3) is 5.13 Å². The summed E-state index contributed by atoms with van der Waals surface area (Å²) in [7, 11) is 0. The highest BCUT2D eigenvalue weighted by atomic mass is 32.1. The van der Waals surface area contributed by atoms with Crippen LogP contribution in [0.1, 0.15) is 60.3 Å². The molecule has 0 fully saturated rings. The molecule has 2 N–H and O–H groups in total. The number of hydrogen-bond acceptors (Lipinski definition) is 4. The Morgan fingerprint density at radius 1 is 1.20 bits per heavy atom. The van der Waals surface area contributed by atoms with E-state index in [2.05, 4.69) is 10.3 Å². The first-order valence-corrected chi connectivity index (χ1v) is 9.47. The first kappa shape index (κ1) is 19.2. The SMILES string of the molecule is Cc1cc(C(=O)NCCCCCCCC(=O)O)c(C)n1-c1nccs1. The molecular formula is C18H25N3O3S. The maximum Gasteiger partial charge on any atom is 0.303 e. The standard InChI is InChI=1S/C18H25N3O3S/c1-13-12-15(14(2)21(13)18-20-10-11-25-18)17(24)19-9-7-5-3-4-6-8-16(22)23/h10-12H,3-9H2,1-2H3,(H,19,24)(H,22,23). The Kier molecular flexibility index (Phi) is 7.18. The van der Waals surface area contributed by atoms with Crippen LogP contribution in [0.5, 0.6) is 0 Å². The van der Waals surface area contributed by atoms with E-state index in [0.29, 0.717) is 12.1 Å². The van der Waals surface area contributed by atoms with Gasteiger partial charge in [0.25, 0.3) is 5.91 Å². The number of amides is 1. The molecule has 0 aliphatic heterocycles. The second kappa shape index (κ2) is 9.36. The molecule has 6 nitrogen and oxygen atoms in total. The van der Waals surface area contributed by atoms with E-state index in [-0.39, 0.29) is 12.3 Å². The van der Waals surface area contributed by atoms with Crippen LogP contribution in [0.4, 0.5) is 0 Å². The van der Waals surface area contributed by atoms with Gasteiger partial charge in [0.2, 0.25) is 0 Å². The number of carboxylic acid groups (broad SMARTS) is 1. The monoisotopic (exact) mass is 363 g/mol. The molecule has 0 saturated heterocycles. The zero-order valence-corrected chi connectivity index (χ0v) is 15.6. The number of unbranched alkanes of at least 4 members (excludes halogenated alkanes) is 4. The van der Waals surface area contributed by atoms with Gasteiger partial charge >= 0.3 is 5.97 Å². The van der Waals surface area contributed by atoms with Gasteiger partial charge in [0.1, 0.15) is 0 Å². The number of rotatable bonds is 10. The Bertz CT molecular complexity index is 707. The highest BCUT2D eigenvalue weighted by Crippen LogP contribution is 2.22. The van der Waals surface area contributed by atoms with E-state index in [4.69, 9.17) is 5.11 Å². The number of hydrogen-bond donors (Lipinski definition) is 2. The average Bonchev–Trinajstić information content (AvgIpc) is 3.17. The zero-order valence-electron chi connectivity index (χ0n) is 14.7. The zero-order chi connectivity index (χ0) is 18.2. The smallest absolute Gasteiger partial charge is 0.303 e. The van der Waals surface area contributed by atoms with Crippen molar-refractivity contribution in [3.8, 4) is 5.13 Å². The molecule has 2 aromatic rings. The Morgan fingerprint density at radius 2 is 1.92 bits per heavy atom. The summed E-state index contributed by atoms with van der Waals surface area (Å²) in [5.41, 5.74) is 2.59. The minimum atomic E-state index is -0.734. The molecule has 25 heavy (non-hydrogen) atoms. The van der Waals surface area contributed by atoms with E-state index >= 15 is 0 Å². The van der Waals surface area contributed by atoms with Gasteiger partial charge in [0.05, 0.1) is 5.56 Å². The summed E-state index contributed by atoms with van der Waals surface area (Å²) in [4.78, 5) is 27.1. The Labute approximate surface area is 151 Å². The molecule has 2 heterocycles. The lowest BCUT2D eigenvalue weighted by atomic mass is 10.1. The van der Waals surface area contributed by atoms with Gasteiger partial charge in [-0.2, -0.15) is 0 Å². The van der Waals surface area contributed by atoms with Crippen LogP contribution in [0.2, 0.25) is 0 Å². The van der Waals surface area contributed by atoms with Crippen molar-refractivity contribution in [1.82, 2.24) is 14.9 Å². The first-order chi connectivity index (χ1) is 12.0. The fraction of sp³-hybridized carbons (Fsp3) is 0.500. The maximum atomic E-state index is 12.4. The van der Waals surface area contributed by atoms with Gasteiger partial charge in [-0.15, -0.1) is 11.3 Å².